The van der Waals surface area contributed by atoms with E-state index in [0.29, 0.717) is 0 Å². The summed E-state index contributed by atoms with van der Waals surface area (Å²) in [7, 11) is -1.79. The molecule has 0 rings (SSSR count). The Morgan fingerprint density at radius 1 is 1.00 bits per heavy atom. The van der Waals surface area contributed by atoms with Crippen LogP contribution in [0, 0.1) is 11.3 Å². The van der Waals surface area contributed by atoms with Crippen LogP contribution in [0.4, 0.5) is 0 Å². The topological polar surface area (TPSA) is 29.5 Å². The van der Waals surface area contributed by atoms with Gasteiger partial charge in [-0.3, -0.25) is 0 Å². The van der Waals surface area contributed by atoms with Gasteiger partial charge < -0.3 is 9.53 Å². The lowest BCUT2D eigenvalue weighted by Gasteiger charge is -2.44. The summed E-state index contributed by atoms with van der Waals surface area (Å²) in [6.07, 6.45) is 0.563. The predicted molar refractivity (Wildman–Crippen MR) is 87.0 cm³/mol. The maximum Gasteiger partial charge on any atom is 0.192 e. The van der Waals surface area contributed by atoms with Gasteiger partial charge in [-0.2, -0.15) is 0 Å². The first-order valence-corrected chi connectivity index (χ1v) is 10.4. The van der Waals surface area contributed by atoms with E-state index in [0.717, 1.165) is 6.42 Å². The molecule has 0 aromatic rings. The van der Waals surface area contributed by atoms with Crippen LogP contribution in [0.1, 0.15) is 61.8 Å². The average Bonchev–Trinajstić information content (AvgIpc) is 2.12. The fourth-order valence-electron chi connectivity index (χ4n) is 1.60. The molecular formula is C16H36O2Si. The van der Waals surface area contributed by atoms with Gasteiger partial charge in [-0.1, -0.05) is 55.4 Å². The Morgan fingerprint density at radius 3 is 1.68 bits per heavy atom. The summed E-state index contributed by atoms with van der Waals surface area (Å²) in [5.74, 6) is 0.285. The quantitative estimate of drug-likeness (QED) is 0.734. The molecule has 116 valence electrons. The summed E-state index contributed by atoms with van der Waals surface area (Å²) in [5.41, 5.74) is 0.0609. The molecule has 0 saturated carbocycles. The lowest BCUT2D eigenvalue weighted by atomic mass is 9.84. The summed E-state index contributed by atoms with van der Waals surface area (Å²) in [4.78, 5) is 0. The molecule has 1 N–H and O–H groups in total. The van der Waals surface area contributed by atoms with Crippen molar-refractivity contribution in [2.45, 2.75) is 92.2 Å². The van der Waals surface area contributed by atoms with Crippen LogP contribution in [0.3, 0.4) is 0 Å². The Morgan fingerprint density at radius 2 is 1.42 bits per heavy atom. The second kappa shape index (κ2) is 6.27. The second-order valence-corrected chi connectivity index (χ2v) is 13.5. The molecule has 2 atom stereocenters. The highest BCUT2D eigenvalue weighted by Crippen LogP contribution is 2.40. The highest BCUT2D eigenvalue weighted by atomic mass is 28.4. The Bertz CT molecular complexity index is 271. The van der Waals surface area contributed by atoms with E-state index >= 15 is 0 Å². The van der Waals surface area contributed by atoms with Gasteiger partial charge in [-0.05, 0) is 35.9 Å². The summed E-state index contributed by atoms with van der Waals surface area (Å²) >= 11 is 0. The fourth-order valence-corrected chi connectivity index (χ4v) is 3.12. The van der Waals surface area contributed by atoms with Crippen molar-refractivity contribution in [3.05, 3.63) is 0 Å². The van der Waals surface area contributed by atoms with Crippen LogP contribution in [0.15, 0.2) is 0 Å². The lowest BCUT2D eigenvalue weighted by Crippen LogP contribution is -2.48. The molecule has 0 heterocycles. The van der Waals surface area contributed by atoms with Gasteiger partial charge in [0, 0.05) is 0 Å². The predicted octanol–water partition coefficient (Wildman–Crippen LogP) is 4.83. The van der Waals surface area contributed by atoms with Crippen molar-refractivity contribution in [1.82, 2.24) is 0 Å². The van der Waals surface area contributed by atoms with Crippen LogP contribution < -0.4 is 0 Å². The molecule has 19 heavy (non-hydrogen) atoms. The molecule has 0 unspecified atom stereocenters. The van der Waals surface area contributed by atoms with Crippen LogP contribution in [0.5, 0.6) is 0 Å². The first kappa shape index (κ1) is 19.1. The van der Waals surface area contributed by atoms with Gasteiger partial charge in [-0.15, -0.1) is 0 Å². The Balaban J connectivity index is 5.01. The van der Waals surface area contributed by atoms with Crippen LogP contribution in [-0.2, 0) is 4.43 Å². The molecule has 0 aromatic heterocycles. The molecule has 0 radical (unpaired) electrons. The third-order valence-corrected chi connectivity index (χ3v) is 8.92. The Hall–Kier alpha value is 0.137. The molecular weight excluding hydrogens is 252 g/mol. The highest BCUT2D eigenvalue weighted by molar-refractivity contribution is 6.74. The maximum absolute atomic E-state index is 10.2. The fraction of sp³-hybridized carbons (Fsp3) is 1.00. The van der Waals surface area contributed by atoms with E-state index in [4.69, 9.17) is 4.43 Å². The van der Waals surface area contributed by atoms with Crippen LogP contribution in [0.2, 0.25) is 18.1 Å². The van der Waals surface area contributed by atoms with E-state index in [9.17, 15) is 5.11 Å². The highest BCUT2D eigenvalue weighted by Gasteiger charge is 2.42. The SMILES string of the molecule is CC(C)[C@@H](O)C[C@@H](O[Si](C)(C)C(C)(C)C)C(C)(C)C. The van der Waals surface area contributed by atoms with Crippen LogP contribution in [0.25, 0.3) is 0 Å². The molecule has 0 aliphatic heterocycles. The zero-order valence-corrected chi connectivity index (χ0v) is 15.8. The number of hydrogen-bond donors (Lipinski definition) is 1. The average molecular weight is 289 g/mol. The van der Waals surface area contributed by atoms with Gasteiger partial charge in [0.2, 0.25) is 0 Å². The number of aliphatic hydroxyl groups excluding tert-OH is 1. The van der Waals surface area contributed by atoms with Gasteiger partial charge in [0.15, 0.2) is 8.32 Å². The first-order chi connectivity index (χ1) is 8.18. The molecule has 0 aliphatic carbocycles. The summed E-state index contributed by atoms with van der Waals surface area (Å²) in [5, 5.41) is 10.4. The largest absolute Gasteiger partial charge is 0.413 e. The van der Waals surface area contributed by atoms with Crippen molar-refractivity contribution >= 4 is 8.32 Å². The molecule has 2 nitrogen and oxygen atoms in total. The van der Waals surface area contributed by atoms with Crippen molar-refractivity contribution in [2.75, 3.05) is 0 Å². The minimum Gasteiger partial charge on any atom is -0.413 e. The van der Waals surface area contributed by atoms with E-state index in [2.05, 4.69) is 68.5 Å². The molecule has 0 fully saturated rings. The number of hydrogen-bond acceptors (Lipinski definition) is 2. The van der Waals surface area contributed by atoms with Gasteiger partial charge >= 0.3 is 0 Å². The van der Waals surface area contributed by atoms with Crippen LogP contribution >= 0.6 is 0 Å². The molecule has 0 saturated heterocycles. The smallest absolute Gasteiger partial charge is 0.192 e. The zero-order chi connectivity index (χ0) is 15.6. The molecule has 0 bridgehead atoms. The lowest BCUT2D eigenvalue weighted by molar-refractivity contribution is 0.00711. The van der Waals surface area contributed by atoms with Crippen molar-refractivity contribution in [3.8, 4) is 0 Å². The summed E-state index contributed by atoms with van der Waals surface area (Å²) < 4.78 is 6.57. The third-order valence-electron chi connectivity index (χ3n) is 4.43. The van der Waals surface area contributed by atoms with Gasteiger partial charge in [0.05, 0.1) is 12.2 Å². The van der Waals surface area contributed by atoms with Crippen molar-refractivity contribution in [2.24, 2.45) is 11.3 Å². The maximum atomic E-state index is 10.2. The molecule has 3 heteroatoms. The van der Waals surface area contributed by atoms with Crippen molar-refractivity contribution < 1.29 is 9.53 Å². The number of rotatable bonds is 5. The van der Waals surface area contributed by atoms with E-state index < -0.39 is 8.32 Å². The van der Waals surface area contributed by atoms with Gasteiger partial charge in [0.25, 0.3) is 0 Å². The van der Waals surface area contributed by atoms with Gasteiger partial charge in [0.1, 0.15) is 0 Å². The van der Waals surface area contributed by atoms with Crippen molar-refractivity contribution in [1.29, 1.82) is 0 Å². The van der Waals surface area contributed by atoms with E-state index in [1.54, 1.807) is 0 Å². The molecule has 0 spiro atoms. The molecule has 0 aromatic carbocycles. The summed E-state index contributed by atoms with van der Waals surface area (Å²) in [6.45, 7) is 22.1. The molecule has 0 amide bonds. The third kappa shape index (κ3) is 5.97. The van der Waals surface area contributed by atoms with Crippen molar-refractivity contribution in [3.63, 3.8) is 0 Å². The zero-order valence-electron chi connectivity index (χ0n) is 14.8. The summed E-state index contributed by atoms with van der Waals surface area (Å²) in [6, 6.07) is 0. The van der Waals surface area contributed by atoms with E-state index in [1.807, 2.05) is 0 Å². The Labute approximate surface area is 122 Å². The normalized spacial score (nSPS) is 17.7. The Kier molecular flexibility index (Phi) is 6.32. The second-order valence-electron chi connectivity index (χ2n) is 8.78. The van der Waals surface area contributed by atoms with E-state index in [1.165, 1.54) is 0 Å². The minimum absolute atomic E-state index is 0.0609. The van der Waals surface area contributed by atoms with E-state index in [-0.39, 0.29) is 28.6 Å². The van der Waals surface area contributed by atoms with Crippen LogP contribution in [-0.4, -0.2) is 25.6 Å². The van der Waals surface area contributed by atoms with Gasteiger partial charge in [-0.25, -0.2) is 0 Å². The molecule has 0 aliphatic rings. The number of aliphatic hydroxyl groups is 1. The first-order valence-electron chi connectivity index (χ1n) is 7.54. The minimum atomic E-state index is -1.79. The monoisotopic (exact) mass is 288 g/mol. The standard InChI is InChI=1S/C16H36O2Si/c1-12(2)13(17)11-14(15(3,4)5)18-19(9,10)16(6,7)8/h12-14,17H,11H2,1-10H3/t13-,14+/m0/s1.